The Kier molecular flexibility index (Phi) is 1.24. The van der Waals surface area contributed by atoms with E-state index in [-0.39, 0.29) is 0 Å². The molecule has 0 amide bonds. The molecule has 2 aliphatic rings. The van der Waals surface area contributed by atoms with Crippen LogP contribution in [0.1, 0.15) is 25.7 Å². The van der Waals surface area contributed by atoms with E-state index in [1.807, 2.05) is 0 Å². The Bertz CT molecular complexity index is 115. The molecule has 2 aliphatic carbocycles. The Balaban J connectivity index is 2.01. The summed E-state index contributed by atoms with van der Waals surface area (Å²) in [6.07, 6.45) is 5.31. The highest BCUT2D eigenvalue weighted by Gasteiger charge is 2.38. The van der Waals surface area contributed by atoms with Crippen molar-refractivity contribution in [1.82, 2.24) is 5.48 Å². The van der Waals surface area contributed by atoms with E-state index in [1.54, 1.807) is 0 Å². The van der Waals surface area contributed by atoms with Crippen LogP contribution in [0, 0.1) is 11.8 Å². The maximum Gasteiger partial charge on any atom is 0.0350 e. The molecule has 2 rings (SSSR count). The van der Waals surface area contributed by atoms with Crippen molar-refractivity contribution in [2.75, 3.05) is 0 Å². The van der Waals surface area contributed by atoms with Gasteiger partial charge < -0.3 is 5.21 Å². The third-order valence-corrected chi connectivity index (χ3v) is 2.90. The Labute approximate surface area is 55.2 Å². The van der Waals surface area contributed by atoms with E-state index in [4.69, 9.17) is 5.21 Å². The fourth-order valence-corrected chi connectivity index (χ4v) is 2.40. The van der Waals surface area contributed by atoms with Gasteiger partial charge in [0.2, 0.25) is 0 Å². The van der Waals surface area contributed by atoms with Gasteiger partial charge in [-0.3, -0.25) is 0 Å². The van der Waals surface area contributed by atoms with Gasteiger partial charge in [-0.25, -0.2) is 5.48 Å². The minimum absolute atomic E-state index is 0.434. The van der Waals surface area contributed by atoms with Crippen molar-refractivity contribution < 1.29 is 5.21 Å². The molecular weight excluding hydrogens is 114 g/mol. The van der Waals surface area contributed by atoms with Gasteiger partial charge in [0.25, 0.3) is 0 Å². The standard InChI is InChI=1S/C7H13NO/c9-8-7-4-5-1-2-6(7)3-5/h5-9H,1-4H2/t5-,6+,7+/m0/s1. The lowest BCUT2D eigenvalue weighted by Crippen LogP contribution is -2.30. The smallest absolute Gasteiger partial charge is 0.0350 e. The highest BCUT2D eigenvalue weighted by Crippen LogP contribution is 2.44. The average Bonchev–Trinajstić information content (AvgIpc) is 2.45. The third-order valence-electron chi connectivity index (χ3n) is 2.90. The molecule has 2 N–H and O–H groups in total. The van der Waals surface area contributed by atoms with E-state index in [1.165, 1.54) is 25.7 Å². The van der Waals surface area contributed by atoms with Gasteiger partial charge in [-0.05, 0) is 31.1 Å². The van der Waals surface area contributed by atoms with Crippen molar-refractivity contribution in [1.29, 1.82) is 0 Å². The minimum Gasteiger partial charge on any atom is -0.317 e. The van der Waals surface area contributed by atoms with Gasteiger partial charge >= 0.3 is 0 Å². The lowest BCUT2D eigenvalue weighted by molar-refractivity contribution is 0.0989. The molecule has 0 saturated heterocycles. The summed E-state index contributed by atoms with van der Waals surface area (Å²) in [6.45, 7) is 0. The number of hydrogen-bond donors (Lipinski definition) is 2. The second kappa shape index (κ2) is 1.96. The Morgan fingerprint density at radius 1 is 1.22 bits per heavy atom. The molecule has 2 bridgehead atoms. The molecule has 0 aromatic carbocycles. The van der Waals surface area contributed by atoms with Crippen molar-refractivity contribution in [2.24, 2.45) is 11.8 Å². The highest BCUT2D eigenvalue weighted by atomic mass is 16.5. The monoisotopic (exact) mass is 127 g/mol. The van der Waals surface area contributed by atoms with E-state index in [0.29, 0.717) is 6.04 Å². The van der Waals surface area contributed by atoms with E-state index in [2.05, 4.69) is 5.48 Å². The van der Waals surface area contributed by atoms with E-state index < -0.39 is 0 Å². The maximum absolute atomic E-state index is 8.64. The fourth-order valence-electron chi connectivity index (χ4n) is 2.40. The van der Waals surface area contributed by atoms with Gasteiger partial charge in [-0.2, -0.15) is 0 Å². The van der Waals surface area contributed by atoms with Crippen molar-refractivity contribution in [2.45, 2.75) is 31.7 Å². The maximum atomic E-state index is 8.64. The summed E-state index contributed by atoms with van der Waals surface area (Å²) in [7, 11) is 0. The van der Waals surface area contributed by atoms with E-state index in [9.17, 15) is 0 Å². The molecule has 0 aromatic rings. The van der Waals surface area contributed by atoms with E-state index in [0.717, 1.165) is 11.8 Å². The Hall–Kier alpha value is -0.0800. The molecule has 0 aliphatic heterocycles. The molecule has 0 spiro atoms. The first-order valence-corrected chi connectivity index (χ1v) is 3.80. The van der Waals surface area contributed by atoms with Crippen LogP contribution in [0.3, 0.4) is 0 Å². The van der Waals surface area contributed by atoms with Crippen LogP contribution in [-0.2, 0) is 0 Å². The largest absolute Gasteiger partial charge is 0.317 e. The molecule has 52 valence electrons. The van der Waals surface area contributed by atoms with Crippen molar-refractivity contribution in [3.63, 3.8) is 0 Å². The number of rotatable bonds is 1. The fraction of sp³-hybridized carbons (Fsp3) is 1.00. The first-order chi connectivity index (χ1) is 4.40. The predicted octanol–water partition coefficient (Wildman–Crippen LogP) is 1.15. The zero-order valence-corrected chi connectivity index (χ0v) is 5.51. The number of hydroxylamine groups is 1. The second-order valence-electron chi connectivity index (χ2n) is 3.41. The highest BCUT2D eigenvalue weighted by molar-refractivity contribution is 4.92. The summed E-state index contributed by atoms with van der Waals surface area (Å²) < 4.78 is 0. The number of hydrogen-bond acceptors (Lipinski definition) is 2. The summed E-state index contributed by atoms with van der Waals surface area (Å²) >= 11 is 0. The van der Waals surface area contributed by atoms with Crippen molar-refractivity contribution in [3.05, 3.63) is 0 Å². The quantitative estimate of drug-likeness (QED) is 0.518. The van der Waals surface area contributed by atoms with Gasteiger partial charge in [0, 0.05) is 6.04 Å². The molecule has 2 fully saturated rings. The van der Waals surface area contributed by atoms with Gasteiger partial charge in [0.1, 0.15) is 0 Å². The second-order valence-corrected chi connectivity index (χ2v) is 3.41. The zero-order chi connectivity index (χ0) is 6.27. The lowest BCUT2D eigenvalue weighted by atomic mass is 9.96. The molecule has 2 nitrogen and oxygen atoms in total. The van der Waals surface area contributed by atoms with Crippen LogP contribution < -0.4 is 5.48 Å². The first kappa shape index (κ1) is 5.69. The minimum atomic E-state index is 0.434. The first-order valence-electron chi connectivity index (χ1n) is 3.80. The summed E-state index contributed by atoms with van der Waals surface area (Å²) in [5, 5.41) is 8.64. The van der Waals surface area contributed by atoms with Crippen LogP contribution >= 0.6 is 0 Å². The molecule has 0 unspecified atom stereocenters. The Morgan fingerprint density at radius 3 is 2.44 bits per heavy atom. The normalized spacial score (nSPS) is 48.3. The van der Waals surface area contributed by atoms with Crippen LogP contribution in [-0.4, -0.2) is 11.2 Å². The van der Waals surface area contributed by atoms with Crippen molar-refractivity contribution >= 4 is 0 Å². The summed E-state index contributed by atoms with van der Waals surface area (Å²) in [5.74, 6) is 1.72. The lowest BCUT2D eigenvalue weighted by Gasteiger charge is -2.18. The molecule has 0 heterocycles. The number of nitrogens with one attached hydrogen (secondary N) is 1. The summed E-state index contributed by atoms with van der Waals surface area (Å²) in [6, 6.07) is 0.434. The van der Waals surface area contributed by atoms with Crippen LogP contribution in [0.15, 0.2) is 0 Å². The SMILES string of the molecule is ON[C@@H]1C[C@H]2CC[C@@H]1C2. The average molecular weight is 127 g/mol. The molecule has 0 aromatic heterocycles. The molecule has 0 radical (unpaired) electrons. The zero-order valence-electron chi connectivity index (χ0n) is 5.51. The summed E-state index contributed by atoms with van der Waals surface area (Å²) in [5.41, 5.74) is 2.40. The van der Waals surface area contributed by atoms with Crippen LogP contribution in [0.2, 0.25) is 0 Å². The molecular formula is C7H13NO. The van der Waals surface area contributed by atoms with Gasteiger partial charge in [0.05, 0.1) is 0 Å². The predicted molar refractivity (Wildman–Crippen MR) is 34.2 cm³/mol. The topological polar surface area (TPSA) is 32.3 Å². The third kappa shape index (κ3) is 0.775. The van der Waals surface area contributed by atoms with Crippen LogP contribution in [0.5, 0.6) is 0 Å². The van der Waals surface area contributed by atoms with Crippen molar-refractivity contribution in [3.8, 4) is 0 Å². The molecule has 3 atom stereocenters. The number of fused-ring (bicyclic) bond motifs is 2. The summed E-state index contributed by atoms with van der Waals surface area (Å²) in [4.78, 5) is 0. The van der Waals surface area contributed by atoms with Crippen LogP contribution in [0.25, 0.3) is 0 Å². The van der Waals surface area contributed by atoms with Gasteiger partial charge in [-0.15, -0.1) is 0 Å². The van der Waals surface area contributed by atoms with Crippen LogP contribution in [0.4, 0.5) is 0 Å². The van der Waals surface area contributed by atoms with Gasteiger partial charge in [0.15, 0.2) is 0 Å². The van der Waals surface area contributed by atoms with Gasteiger partial charge in [-0.1, -0.05) is 6.42 Å². The van der Waals surface area contributed by atoms with E-state index >= 15 is 0 Å². The molecule has 9 heavy (non-hydrogen) atoms. The molecule has 2 saturated carbocycles. The Morgan fingerprint density at radius 2 is 2.11 bits per heavy atom. The molecule has 2 heteroatoms.